The Labute approximate surface area is 136 Å². The van der Waals surface area contributed by atoms with Gasteiger partial charge in [-0.25, -0.2) is 0 Å². The van der Waals surface area contributed by atoms with Gasteiger partial charge < -0.3 is 15.0 Å². The summed E-state index contributed by atoms with van der Waals surface area (Å²) in [5, 5.41) is 16.7. The zero-order valence-corrected chi connectivity index (χ0v) is 13.3. The fraction of sp³-hybridized carbons (Fsp3) is 0. The van der Waals surface area contributed by atoms with Crippen LogP contribution < -0.4 is 10.2 Å². The second-order valence-electron chi connectivity index (χ2n) is 0.250. The van der Waals surface area contributed by atoms with Crippen LogP contribution >= 0.6 is 0 Å². The first-order valence-corrected chi connectivity index (χ1v) is 0.612. The van der Waals surface area contributed by atoms with Crippen molar-refractivity contribution in [3.63, 3.8) is 0 Å². The van der Waals surface area contributed by atoms with Gasteiger partial charge in [0.05, 0.1) is 0 Å². The average Bonchev–Trinajstić information content (AvgIpc) is 0.811. The van der Waals surface area contributed by atoms with Crippen LogP contribution in [0.4, 0.5) is 4.79 Å². The van der Waals surface area contributed by atoms with E-state index in [1.165, 1.54) is 0 Å². The predicted octanol–water partition coefficient (Wildman–Crippen LogP) is -2.45. The molecule has 0 rings (SSSR count). The van der Waals surface area contributed by atoms with E-state index in [9.17, 15) is 0 Å². The van der Waals surface area contributed by atoms with Gasteiger partial charge in [-0.3, -0.25) is 0 Å². The molecule has 0 heterocycles. The molecule has 26 valence electrons. The molecule has 0 aliphatic rings. The number of carbonyl (C=O) groups excluding carboxylic acids is 1. The van der Waals surface area contributed by atoms with Crippen molar-refractivity contribution in [3.8, 4) is 0 Å². The zero-order chi connectivity index (χ0) is 3.58. The number of carboxylic acid groups (broad SMARTS) is 2. The Bertz CT molecular complexity index is 37.9. The first-order valence-electron chi connectivity index (χ1n) is 0.612. The number of rotatable bonds is 0. The van der Waals surface area contributed by atoms with E-state index in [-0.39, 0.29) is 118 Å². The molecule has 0 amide bonds. The molecule has 0 N–H and O–H groups in total. The van der Waals surface area contributed by atoms with Crippen molar-refractivity contribution in [2.45, 2.75) is 0 Å². The van der Waals surface area contributed by atoms with Gasteiger partial charge in [0.2, 0.25) is 0 Å². The van der Waals surface area contributed by atoms with Gasteiger partial charge in [-0.1, -0.05) is 0 Å². The number of hydrogen-bond acceptors (Lipinski definition) is 3. The molecule has 0 bridgehead atoms. The molecule has 0 aromatic carbocycles. The third-order valence-electron chi connectivity index (χ3n) is 0. The van der Waals surface area contributed by atoms with E-state index in [1.54, 1.807) is 0 Å². The monoisotopic (exact) mass is 481 g/mol. The Kier molecular flexibility index (Phi) is 51.6. The van der Waals surface area contributed by atoms with Crippen molar-refractivity contribution < 1.29 is 133 Å². The van der Waals surface area contributed by atoms with E-state index in [2.05, 4.69) is 0 Å². The zero-order valence-electron chi connectivity index (χ0n) is 3.30. The average molecular weight is 483 g/mol. The molecule has 2 radical (unpaired) electrons. The fourth-order valence-electron chi connectivity index (χ4n) is 0. The quantitative estimate of drug-likeness (QED) is 0.385. The van der Waals surface area contributed by atoms with E-state index in [0.29, 0.717) is 0 Å². The summed E-state index contributed by atoms with van der Waals surface area (Å²) in [5.74, 6) is 0. The molecule has 0 aromatic rings. The topological polar surface area (TPSA) is 63.2 Å². The van der Waals surface area contributed by atoms with Crippen molar-refractivity contribution >= 4 is 6.16 Å². The van der Waals surface area contributed by atoms with Crippen LogP contribution in [0.15, 0.2) is 0 Å². The molecule has 7 heavy (non-hydrogen) atoms. The van der Waals surface area contributed by atoms with Crippen molar-refractivity contribution in [1.82, 2.24) is 0 Å². The molecule has 0 saturated heterocycles. The third-order valence-corrected chi connectivity index (χ3v) is 0. The second kappa shape index (κ2) is 16.1. The van der Waals surface area contributed by atoms with Gasteiger partial charge >= 0.3 is 118 Å². The van der Waals surface area contributed by atoms with Gasteiger partial charge in [-0.15, -0.1) is 0 Å². The molecular formula is CCeLaNdO3+7. The summed E-state index contributed by atoms with van der Waals surface area (Å²) in [6.45, 7) is 0. The largest absolute Gasteiger partial charge is 3.00 e. The summed E-state index contributed by atoms with van der Waals surface area (Å²) in [4.78, 5) is 8.33. The molecule has 0 spiro atoms. The molecule has 0 saturated carbocycles. The van der Waals surface area contributed by atoms with Crippen molar-refractivity contribution in [2.24, 2.45) is 0 Å². The molecular weight excluding hydrogens is 483 g/mol. The molecule has 0 aromatic heterocycles. The Hall–Kier alpha value is 3.19. The molecule has 0 aliphatic carbocycles. The molecule has 0 fully saturated rings. The maximum absolute atomic E-state index is 8.33. The maximum atomic E-state index is 8.33. The van der Waals surface area contributed by atoms with Gasteiger partial charge in [0.25, 0.3) is 0 Å². The Morgan fingerprint density at radius 3 is 1.29 bits per heavy atom. The minimum absolute atomic E-state index is 0. The van der Waals surface area contributed by atoms with E-state index >= 15 is 0 Å². The smallest absolute Gasteiger partial charge is 0.652 e. The summed E-state index contributed by atoms with van der Waals surface area (Å²) >= 11 is 0. The summed E-state index contributed by atoms with van der Waals surface area (Å²) in [7, 11) is 0. The number of carbonyl (C=O) groups is 1. The van der Waals surface area contributed by atoms with Crippen LogP contribution in [0.25, 0.3) is 0 Å². The Balaban J connectivity index is -0.0000000150. The SMILES string of the molecule is O=C([O-])[O-].[Ce+3].[La+3].[Nd+3]. The summed E-state index contributed by atoms with van der Waals surface area (Å²) in [6, 6.07) is 0. The van der Waals surface area contributed by atoms with Gasteiger partial charge in [-0.05, 0) is 6.16 Å². The molecule has 0 aliphatic heterocycles. The Morgan fingerprint density at radius 1 is 1.29 bits per heavy atom. The van der Waals surface area contributed by atoms with E-state index in [0.717, 1.165) is 0 Å². The minimum Gasteiger partial charge on any atom is -0.652 e. The third kappa shape index (κ3) is 46.7. The summed E-state index contributed by atoms with van der Waals surface area (Å²) in [6.07, 6.45) is -2.33. The van der Waals surface area contributed by atoms with Crippen LogP contribution in [0, 0.1) is 118 Å². The van der Waals surface area contributed by atoms with Gasteiger partial charge in [-0.2, -0.15) is 0 Å². The van der Waals surface area contributed by atoms with Gasteiger partial charge in [0.15, 0.2) is 0 Å². The van der Waals surface area contributed by atoms with Crippen molar-refractivity contribution in [2.75, 3.05) is 0 Å². The molecule has 0 atom stereocenters. The first kappa shape index (κ1) is 22.5. The predicted molar refractivity (Wildman–Crippen MR) is 5.40 cm³/mol. The summed E-state index contributed by atoms with van der Waals surface area (Å²) in [5.41, 5.74) is 0. The van der Waals surface area contributed by atoms with E-state index < -0.39 is 6.16 Å². The first-order chi connectivity index (χ1) is 1.73. The summed E-state index contributed by atoms with van der Waals surface area (Å²) < 4.78 is 0. The van der Waals surface area contributed by atoms with Crippen molar-refractivity contribution in [3.05, 3.63) is 0 Å². The standard InChI is InChI=1S/CH2O3.Ce.La.Nd/c2-1(3)4;;;/h(H2,2,3,4);;;/q;3*+3/p-2. The number of hydrogen-bond donors (Lipinski definition) is 0. The molecule has 6 heteroatoms. The van der Waals surface area contributed by atoms with Gasteiger partial charge in [0.1, 0.15) is 0 Å². The normalized spacial score (nSPS) is 3.43. The van der Waals surface area contributed by atoms with Crippen LogP contribution in [0.5, 0.6) is 0 Å². The van der Waals surface area contributed by atoms with E-state index in [4.69, 9.17) is 15.0 Å². The molecule has 3 nitrogen and oxygen atoms in total. The van der Waals surface area contributed by atoms with Crippen LogP contribution in [0.3, 0.4) is 0 Å². The van der Waals surface area contributed by atoms with Crippen LogP contribution in [-0.2, 0) is 0 Å². The van der Waals surface area contributed by atoms with Crippen LogP contribution in [-0.4, -0.2) is 6.16 Å². The minimum atomic E-state index is -2.33. The second-order valence-corrected chi connectivity index (χ2v) is 0.250. The van der Waals surface area contributed by atoms with Gasteiger partial charge in [0, 0.05) is 0 Å². The van der Waals surface area contributed by atoms with Crippen LogP contribution in [0.1, 0.15) is 0 Å². The Morgan fingerprint density at radius 2 is 1.29 bits per heavy atom. The molecule has 0 unspecified atom stereocenters. The van der Waals surface area contributed by atoms with Crippen LogP contribution in [0.2, 0.25) is 0 Å². The van der Waals surface area contributed by atoms with Crippen molar-refractivity contribution in [1.29, 1.82) is 0 Å². The maximum Gasteiger partial charge on any atom is 3.00 e. The fourth-order valence-corrected chi connectivity index (χ4v) is 0. The van der Waals surface area contributed by atoms with E-state index in [1.807, 2.05) is 0 Å².